The molecule has 2 aromatic rings. The van der Waals surface area contributed by atoms with Crippen molar-refractivity contribution >= 4 is 16.9 Å². The molecule has 0 bridgehead atoms. The van der Waals surface area contributed by atoms with Gasteiger partial charge < -0.3 is 15.4 Å². The fourth-order valence-corrected chi connectivity index (χ4v) is 2.80. The van der Waals surface area contributed by atoms with Crippen molar-refractivity contribution in [3.63, 3.8) is 0 Å². The normalized spacial score (nSPS) is 23.6. The first-order valence-electron chi connectivity index (χ1n) is 6.20. The molecule has 4 nitrogen and oxygen atoms in total. The molecule has 4 heteroatoms. The highest BCUT2D eigenvalue weighted by Crippen LogP contribution is 2.33. The molecule has 3 rings (SSSR count). The van der Waals surface area contributed by atoms with Crippen molar-refractivity contribution in [2.75, 3.05) is 6.54 Å². The van der Waals surface area contributed by atoms with Gasteiger partial charge in [-0.2, -0.15) is 0 Å². The first kappa shape index (κ1) is 11.3. The number of carboxylic acid groups (broad SMARTS) is 1. The van der Waals surface area contributed by atoms with Gasteiger partial charge in [0.15, 0.2) is 0 Å². The molecule has 1 aromatic heterocycles. The summed E-state index contributed by atoms with van der Waals surface area (Å²) in [6.07, 6.45) is 3.95. The summed E-state index contributed by atoms with van der Waals surface area (Å²) in [6, 6.07) is 5.67. The molecule has 1 aliphatic heterocycles. The van der Waals surface area contributed by atoms with E-state index in [-0.39, 0.29) is 5.54 Å². The smallest absolute Gasteiger partial charge is 0.336 e. The summed E-state index contributed by atoms with van der Waals surface area (Å²) in [5, 5.41) is 13.6. The van der Waals surface area contributed by atoms with Crippen molar-refractivity contribution in [3.8, 4) is 0 Å². The topological polar surface area (TPSA) is 65.1 Å². The van der Waals surface area contributed by atoms with Crippen LogP contribution in [0.15, 0.2) is 24.4 Å². The molecule has 0 radical (unpaired) electrons. The third kappa shape index (κ3) is 1.61. The Bertz CT molecular complexity index is 609. The van der Waals surface area contributed by atoms with Gasteiger partial charge in [-0.25, -0.2) is 4.79 Å². The van der Waals surface area contributed by atoms with Crippen LogP contribution in [0, 0.1) is 0 Å². The van der Waals surface area contributed by atoms with E-state index in [0.29, 0.717) is 5.56 Å². The summed E-state index contributed by atoms with van der Waals surface area (Å²) in [7, 11) is 0. The Morgan fingerprint density at radius 2 is 2.28 bits per heavy atom. The lowest BCUT2D eigenvalue weighted by Crippen LogP contribution is -2.33. The molecule has 18 heavy (non-hydrogen) atoms. The van der Waals surface area contributed by atoms with Crippen LogP contribution in [0.3, 0.4) is 0 Å². The number of rotatable bonds is 2. The van der Waals surface area contributed by atoms with Crippen molar-refractivity contribution < 1.29 is 9.90 Å². The van der Waals surface area contributed by atoms with Crippen LogP contribution in [-0.4, -0.2) is 22.6 Å². The van der Waals surface area contributed by atoms with Crippen molar-refractivity contribution in [1.82, 2.24) is 10.3 Å². The minimum Gasteiger partial charge on any atom is -0.478 e. The van der Waals surface area contributed by atoms with Gasteiger partial charge in [-0.3, -0.25) is 0 Å². The van der Waals surface area contributed by atoms with E-state index in [0.717, 1.165) is 35.9 Å². The predicted octanol–water partition coefficient (Wildman–Crippen LogP) is 2.46. The molecule has 0 spiro atoms. The van der Waals surface area contributed by atoms with Crippen molar-refractivity contribution in [1.29, 1.82) is 0 Å². The van der Waals surface area contributed by atoms with Crippen molar-refractivity contribution in [2.45, 2.75) is 25.3 Å². The molecule has 0 amide bonds. The second kappa shape index (κ2) is 3.85. The zero-order valence-electron chi connectivity index (χ0n) is 10.3. The van der Waals surface area contributed by atoms with Gasteiger partial charge in [-0.1, -0.05) is 0 Å². The maximum absolute atomic E-state index is 11.4. The van der Waals surface area contributed by atoms with E-state index in [1.54, 1.807) is 12.3 Å². The first-order chi connectivity index (χ1) is 8.60. The number of hydrogen-bond donors (Lipinski definition) is 3. The summed E-state index contributed by atoms with van der Waals surface area (Å²) >= 11 is 0. The Balaban J connectivity index is 2.21. The summed E-state index contributed by atoms with van der Waals surface area (Å²) in [5.41, 5.74) is 2.20. The highest BCUT2D eigenvalue weighted by molar-refractivity contribution is 6.03. The van der Waals surface area contributed by atoms with Crippen LogP contribution in [0.1, 0.15) is 35.7 Å². The third-order valence-electron chi connectivity index (χ3n) is 3.91. The van der Waals surface area contributed by atoms with E-state index in [2.05, 4.69) is 23.3 Å². The molecule has 1 atom stereocenters. The second-order valence-electron chi connectivity index (χ2n) is 5.13. The fraction of sp³-hybridized carbons (Fsp3) is 0.357. The highest BCUT2D eigenvalue weighted by Gasteiger charge is 2.31. The van der Waals surface area contributed by atoms with Gasteiger partial charge in [0.1, 0.15) is 0 Å². The molecule has 0 unspecified atom stereocenters. The van der Waals surface area contributed by atoms with Gasteiger partial charge in [0, 0.05) is 22.6 Å². The Morgan fingerprint density at radius 3 is 2.94 bits per heavy atom. The minimum atomic E-state index is -0.872. The maximum atomic E-state index is 11.4. The van der Waals surface area contributed by atoms with E-state index in [4.69, 9.17) is 0 Å². The zero-order valence-corrected chi connectivity index (χ0v) is 10.3. The maximum Gasteiger partial charge on any atom is 0.336 e. The Morgan fingerprint density at radius 1 is 1.44 bits per heavy atom. The molecule has 94 valence electrons. The first-order valence-corrected chi connectivity index (χ1v) is 6.20. The van der Waals surface area contributed by atoms with Gasteiger partial charge in [0.05, 0.1) is 5.56 Å². The van der Waals surface area contributed by atoms with Crippen LogP contribution in [-0.2, 0) is 5.54 Å². The van der Waals surface area contributed by atoms with Gasteiger partial charge >= 0.3 is 5.97 Å². The number of benzene rings is 1. The number of carbonyl (C=O) groups is 1. The number of H-pyrrole nitrogens is 1. The molecular formula is C14H16N2O2. The zero-order chi connectivity index (χ0) is 12.8. The van der Waals surface area contributed by atoms with Crippen LogP contribution in [0.25, 0.3) is 10.9 Å². The molecule has 3 N–H and O–H groups in total. The van der Waals surface area contributed by atoms with Gasteiger partial charge in [0.2, 0.25) is 0 Å². The minimum absolute atomic E-state index is 0.108. The average molecular weight is 244 g/mol. The Kier molecular flexibility index (Phi) is 2.41. The van der Waals surface area contributed by atoms with Crippen LogP contribution in [0.4, 0.5) is 0 Å². The number of fused-ring (bicyclic) bond motifs is 1. The predicted molar refractivity (Wildman–Crippen MR) is 69.8 cm³/mol. The number of aromatic amines is 1. The Hall–Kier alpha value is -1.81. The third-order valence-corrected chi connectivity index (χ3v) is 3.91. The van der Waals surface area contributed by atoms with E-state index in [1.165, 1.54) is 0 Å². The molecule has 1 aliphatic rings. The van der Waals surface area contributed by atoms with Crippen molar-refractivity contribution in [2.24, 2.45) is 0 Å². The standard InChI is InChI=1S/C14H16N2O2/c1-14(4-2-5-16-14)9-7-11(13(17)18)10-3-6-15-12(10)8-9/h3,6-8,15-16H,2,4-5H2,1H3,(H,17,18)/t14-/m1/s1. The molecule has 1 saturated heterocycles. The lowest BCUT2D eigenvalue weighted by atomic mass is 9.88. The number of aromatic carboxylic acids is 1. The van der Waals surface area contributed by atoms with Gasteiger partial charge in [0.25, 0.3) is 0 Å². The molecular weight excluding hydrogens is 228 g/mol. The number of carboxylic acids is 1. The number of aromatic nitrogens is 1. The molecule has 1 aromatic carbocycles. The summed E-state index contributed by atoms with van der Waals surface area (Å²) < 4.78 is 0. The summed E-state index contributed by atoms with van der Waals surface area (Å²) in [5.74, 6) is -0.872. The van der Waals surface area contributed by atoms with E-state index in [1.807, 2.05) is 6.07 Å². The molecule has 2 heterocycles. The van der Waals surface area contributed by atoms with E-state index in [9.17, 15) is 9.90 Å². The lowest BCUT2D eigenvalue weighted by Gasteiger charge is -2.25. The van der Waals surface area contributed by atoms with Gasteiger partial charge in [-0.05, 0) is 50.1 Å². The molecule has 1 fully saturated rings. The van der Waals surface area contributed by atoms with E-state index < -0.39 is 5.97 Å². The second-order valence-corrected chi connectivity index (χ2v) is 5.13. The van der Waals surface area contributed by atoms with Gasteiger partial charge in [-0.15, -0.1) is 0 Å². The highest BCUT2D eigenvalue weighted by atomic mass is 16.4. The molecule has 0 aliphatic carbocycles. The molecule has 0 saturated carbocycles. The average Bonchev–Trinajstić information content (AvgIpc) is 2.96. The SMILES string of the molecule is C[C@]1(c2cc(C(=O)O)c3cc[nH]c3c2)CCCN1. The summed E-state index contributed by atoms with van der Waals surface area (Å²) in [6.45, 7) is 3.12. The van der Waals surface area contributed by atoms with Crippen molar-refractivity contribution in [3.05, 3.63) is 35.5 Å². The Labute approximate surface area is 105 Å². The quantitative estimate of drug-likeness (QED) is 0.760. The van der Waals surface area contributed by atoms with Crippen LogP contribution < -0.4 is 5.32 Å². The largest absolute Gasteiger partial charge is 0.478 e. The van der Waals surface area contributed by atoms with Crippen LogP contribution in [0.2, 0.25) is 0 Å². The summed E-state index contributed by atoms with van der Waals surface area (Å²) in [4.78, 5) is 14.5. The number of nitrogens with one attached hydrogen (secondary N) is 2. The fourth-order valence-electron chi connectivity index (χ4n) is 2.80. The lowest BCUT2D eigenvalue weighted by molar-refractivity contribution is 0.0699. The van der Waals surface area contributed by atoms with Crippen LogP contribution >= 0.6 is 0 Å². The monoisotopic (exact) mass is 244 g/mol. The van der Waals surface area contributed by atoms with Crippen LogP contribution in [0.5, 0.6) is 0 Å². The number of hydrogen-bond acceptors (Lipinski definition) is 2. The van der Waals surface area contributed by atoms with E-state index >= 15 is 0 Å².